The van der Waals surface area contributed by atoms with Crippen molar-refractivity contribution in [3.8, 4) is 0 Å². The largest absolute Gasteiger partial charge is 0.761 e. The molecule has 0 aromatic rings. The lowest BCUT2D eigenvalue weighted by molar-refractivity contribution is 0.328. The highest BCUT2D eigenvalue weighted by molar-refractivity contribution is 6.22. The molecule has 0 rings (SSSR count). The molecule has 9 nitrogen and oxygen atoms in total. The van der Waals surface area contributed by atoms with Gasteiger partial charge in [-0.05, 0) is 0 Å². The van der Waals surface area contributed by atoms with Crippen LogP contribution in [0.4, 0.5) is 0 Å². The fourth-order valence-electron chi connectivity index (χ4n) is 0. The highest BCUT2D eigenvalue weighted by Gasteiger charge is 1.85. The maximum atomic E-state index is 8.74. The van der Waals surface area contributed by atoms with Crippen LogP contribution < -0.4 is 0 Å². The molecule has 78 valence electrons. The molecule has 0 atom stereocenters. The fourth-order valence-corrected chi connectivity index (χ4v) is 0. The van der Waals surface area contributed by atoms with Gasteiger partial charge in [0.2, 0.25) is 0 Å². The van der Waals surface area contributed by atoms with Crippen LogP contribution in [0.3, 0.4) is 0 Å². The zero-order valence-corrected chi connectivity index (χ0v) is 11.9. The van der Waals surface area contributed by atoms with Crippen molar-refractivity contribution in [3.05, 3.63) is 0 Å². The van der Waals surface area contributed by atoms with E-state index in [4.69, 9.17) is 42.2 Å². The van der Waals surface area contributed by atoms with E-state index in [-0.39, 0.29) is 34.7 Å². The van der Waals surface area contributed by atoms with Crippen molar-refractivity contribution in [2.75, 3.05) is 0 Å². The molecule has 0 aliphatic rings. The molecular formula is H6Al2O9Si3. The van der Waals surface area contributed by atoms with E-state index in [0.29, 0.717) is 0 Å². The van der Waals surface area contributed by atoms with Gasteiger partial charge in [-0.2, -0.15) is 0 Å². The van der Waals surface area contributed by atoms with E-state index >= 15 is 0 Å². The van der Waals surface area contributed by atoms with E-state index in [1.165, 1.54) is 0 Å². The van der Waals surface area contributed by atoms with Crippen molar-refractivity contribution >= 4 is 62.2 Å². The Labute approximate surface area is 104 Å². The first-order chi connectivity index (χ1) is 5.20. The van der Waals surface area contributed by atoms with Crippen molar-refractivity contribution in [3.63, 3.8) is 0 Å². The lowest BCUT2D eigenvalue weighted by atomic mass is 15.8. The van der Waals surface area contributed by atoms with Crippen LogP contribution in [0.5, 0.6) is 0 Å². The lowest BCUT2D eigenvalue weighted by Gasteiger charge is -1.55. The maximum absolute atomic E-state index is 8.74. The molecule has 0 spiro atoms. The minimum atomic E-state index is -3.13. The Kier molecular flexibility index (Phi) is 48.1. The Morgan fingerprint density at radius 1 is 0.500 bits per heavy atom. The first kappa shape index (κ1) is 29.2. The van der Waals surface area contributed by atoms with Gasteiger partial charge in [-0.25, -0.2) is 0 Å². The van der Waals surface area contributed by atoms with Crippen molar-refractivity contribution in [2.45, 2.75) is 0 Å². The Bertz CT molecular complexity index is 116. The van der Waals surface area contributed by atoms with Gasteiger partial charge in [-0.3, -0.25) is 13.4 Å². The van der Waals surface area contributed by atoms with E-state index < -0.39 is 27.5 Å². The molecule has 0 fully saturated rings. The highest BCUT2D eigenvalue weighted by atomic mass is 28.3. The van der Waals surface area contributed by atoms with Crippen molar-refractivity contribution in [1.82, 2.24) is 0 Å². The molecule has 0 heterocycles. The first-order valence-electron chi connectivity index (χ1n) is 1.95. The van der Waals surface area contributed by atoms with Crippen LogP contribution in [-0.4, -0.2) is 91.0 Å². The lowest BCUT2D eigenvalue weighted by Crippen LogP contribution is -1.90. The van der Waals surface area contributed by atoms with Gasteiger partial charge in [0.15, 0.2) is 0 Å². The van der Waals surface area contributed by atoms with Crippen LogP contribution >= 0.6 is 0 Å². The molecule has 0 bridgehead atoms. The fraction of sp³-hybridized carbons (Fsp3) is 0. The predicted molar refractivity (Wildman–Crippen MR) is 44.1 cm³/mol. The van der Waals surface area contributed by atoms with Gasteiger partial charge < -0.3 is 28.8 Å². The van der Waals surface area contributed by atoms with Crippen LogP contribution in [0.25, 0.3) is 0 Å². The number of rotatable bonds is 0. The zero-order chi connectivity index (χ0) is 10.7. The smallest absolute Gasteiger partial charge is 0.511 e. The summed E-state index contributed by atoms with van der Waals surface area (Å²) >= 11 is 0. The summed E-state index contributed by atoms with van der Waals surface area (Å²) in [6, 6.07) is 0. The van der Waals surface area contributed by atoms with Gasteiger partial charge in [-0.1, -0.05) is 0 Å². The normalized spacial score (nSPS) is 5.14. The van der Waals surface area contributed by atoms with Crippen LogP contribution in [0.15, 0.2) is 0 Å². The van der Waals surface area contributed by atoms with Gasteiger partial charge in [-0.15, -0.1) is 0 Å². The van der Waals surface area contributed by atoms with Gasteiger partial charge in [0.1, 0.15) is 0 Å². The molecule has 6 radical (unpaired) electrons. The molecule has 0 unspecified atom stereocenters. The van der Waals surface area contributed by atoms with Crippen molar-refractivity contribution in [1.29, 1.82) is 0 Å². The van der Waals surface area contributed by atoms with E-state index in [1.54, 1.807) is 0 Å². The molecule has 0 aromatic heterocycles. The monoisotopic (exact) mass is 288 g/mol. The first-order valence-corrected chi connectivity index (χ1v) is 5.86. The molecule has 0 saturated carbocycles. The Balaban J connectivity index is -0.0000000270. The summed E-state index contributed by atoms with van der Waals surface area (Å²) in [5.41, 5.74) is 0. The van der Waals surface area contributed by atoms with Crippen molar-refractivity contribution < 1.29 is 42.2 Å². The molecule has 14 heavy (non-hydrogen) atoms. The van der Waals surface area contributed by atoms with E-state index in [0.717, 1.165) is 0 Å². The highest BCUT2D eigenvalue weighted by Crippen LogP contribution is 1.27. The van der Waals surface area contributed by atoms with Gasteiger partial charge >= 0.3 is 27.5 Å². The third-order valence-corrected chi connectivity index (χ3v) is 0. The molecule has 0 amide bonds. The summed E-state index contributed by atoms with van der Waals surface area (Å²) in [5, 5.41) is 0. The van der Waals surface area contributed by atoms with Gasteiger partial charge in [0.25, 0.3) is 0 Å². The quantitative estimate of drug-likeness (QED) is 0.237. The van der Waals surface area contributed by atoms with Crippen LogP contribution in [0.2, 0.25) is 0 Å². The van der Waals surface area contributed by atoms with Crippen LogP contribution in [-0.2, 0) is 13.4 Å². The van der Waals surface area contributed by atoms with Crippen molar-refractivity contribution in [2.24, 2.45) is 0 Å². The van der Waals surface area contributed by atoms with Gasteiger partial charge in [0.05, 0.1) is 0 Å². The topological polar surface area (TPSA) is 173 Å². The summed E-state index contributed by atoms with van der Waals surface area (Å²) < 4.78 is 26.2. The second-order valence-electron chi connectivity index (χ2n) is 0.848. The van der Waals surface area contributed by atoms with E-state index in [1.807, 2.05) is 0 Å². The Morgan fingerprint density at radius 2 is 0.500 bits per heavy atom. The SMILES string of the molecule is O=[Si](O)O.O=[Si](O)O.O=[Si](O)O.[Al].[Al]. The summed E-state index contributed by atoms with van der Waals surface area (Å²) in [7, 11) is -9.39. The van der Waals surface area contributed by atoms with Crippen LogP contribution in [0, 0.1) is 0 Å². The van der Waals surface area contributed by atoms with Gasteiger partial charge in [0, 0.05) is 34.7 Å². The minimum Gasteiger partial charge on any atom is -0.511 e. The molecular weight excluding hydrogens is 282 g/mol. The molecule has 0 saturated heterocycles. The predicted octanol–water partition coefficient (Wildman–Crippen LogP) is -5.60. The summed E-state index contributed by atoms with van der Waals surface area (Å²) in [5.74, 6) is 0. The molecule has 0 aromatic carbocycles. The minimum absolute atomic E-state index is 0. The summed E-state index contributed by atoms with van der Waals surface area (Å²) in [4.78, 5) is 42.9. The molecule has 0 aliphatic carbocycles. The average Bonchev–Trinajstić information content (AvgIpc) is 1.54. The third kappa shape index (κ3) is 199000. The summed E-state index contributed by atoms with van der Waals surface area (Å²) in [6.45, 7) is 0. The maximum Gasteiger partial charge on any atom is 0.761 e. The molecule has 6 N–H and O–H groups in total. The molecule has 0 aliphatic heterocycles. The Hall–Kier alpha value is -0.0844. The van der Waals surface area contributed by atoms with E-state index in [2.05, 4.69) is 0 Å². The second kappa shape index (κ2) is 23.1. The molecule has 14 heteroatoms. The second-order valence-corrected chi connectivity index (χ2v) is 2.54. The number of hydrogen-bond donors (Lipinski definition) is 6. The zero-order valence-electron chi connectivity index (χ0n) is 6.56. The average molecular weight is 288 g/mol. The number of hydrogen-bond acceptors (Lipinski definition) is 3. The van der Waals surface area contributed by atoms with Crippen LogP contribution in [0.1, 0.15) is 0 Å². The van der Waals surface area contributed by atoms with E-state index in [9.17, 15) is 0 Å². The third-order valence-electron chi connectivity index (χ3n) is 0. The Morgan fingerprint density at radius 3 is 0.500 bits per heavy atom. The standard InChI is InChI=1S/2Al.3H2O3Si/c;;3*1-4(2)3/h;;3*1-2H. The summed E-state index contributed by atoms with van der Waals surface area (Å²) in [6.07, 6.45) is 0.